The number of benzene rings is 1. The van der Waals surface area contributed by atoms with E-state index in [-0.39, 0.29) is 5.92 Å². The molecular formula is C17H26F3N. The summed E-state index contributed by atoms with van der Waals surface area (Å²) in [5, 5.41) is 2.64. The summed E-state index contributed by atoms with van der Waals surface area (Å²) < 4.78 is 40.1. The van der Waals surface area contributed by atoms with E-state index in [9.17, 15) is 13.2 Å². The molecule has 0 fully saturated rings. The van der Waals surface area contributed by atoms with Crippen molar-refractivity contribution in [3.8, 4) is 0 Å². The second kappa shape index (κ2) is 7.30. The molecule has 0 heterocycles. The normalized spacial score (nSPS) is 14.0. The third-order valence-corrected chi connectivity index (χ3v) is 3.64. The second-order valence-electron chi connectivity index (χ2n) is 6.13. The van der Waals surface area contributed by atoms with Gasteiger partial charge in [-0.25, -0.2) is 0 Å². The zero-order valence-corrected chi connectivity index (χ0v) is 13.5. The van der Waals surface area contributed by atoms with E-state index in [1.54, 1.807) is 6.07 Å². The van der Waals surface area contributed by atoms with Gasteiger partial charge in [0, 0.05) is 0 Å². The van der Waals surface area contributed by atoms with Gasteiger partial charge >= 0.3 is 6.18 Å². The Balaban J connectivity index is 3.29. The number of alkyl halides is 3. The Kier molecular flexibility index (Phi) is 6.26. The summed E-state index contributed by atoms with van der Waals surface area (Å²) >= 11 is 0. The van der Waals surface area contributed by atoms with E-state index in [0.717, 1.165) is 11.1 Å². The first-order valence-corrected chi connectivity index (χ1v) is 7.62. The van der Waals surface area contributed by atoms with Gasteiger partial charge in [0.1, 0.15) is 6.04 Å². The van der Waals surface area contributed by atoms with Crippen LogP contribution < -0.4 is 5.32 Å². The molecule has 0 spiro atoms. The van der Waals surface area contributed by atoms with Crippen LogP contribution in [0.25, 0.3) is 0 Å². The Labute approximate surface area is 125 Å². The summed E-state index contributed by atoms with van der Waals surface area (Å²) in [5.74, 6) is 0.372. The summed E-state index contributed by atoms with van der Waals surface area (Å²) in [7, 11) is 0. The van der Waals surface area contributed by atoms with Crippen LogP contribution in [-0.2, 0) is 0 Å². The van der Waals surface area contributed by atoms with Crippen molar-refractivity contribution in [1.82, 2.24) is 5.32 Å². The molecule has 1 atom stereocenters. The van der Waals surface area contributed by atoms with Crippen molar-refractivity contribution in [2.75, 3.05) is 6.54 Å². The molecule has 1 N–H and O–H groups in total. The van der Waals surface area contributed by atoms with Gasteiger partial charge in [-0.15, -0.1) is 0 Å². The molecular weight excluding hydrogens is 275 g/mol. The fourth-order valence-electron chi connectivity index (χ4n) is 2.41. The highest BCUT2D eigenvalue weighted by molar-refractivity contribution is 5.38. The smallest absolute Gasteiger partial charge is 0.302 e. The van der Waals surface area contributed by atoms with Crippen molar-refractivity contribution in [2.45, 2.75) is 65.1 Å². The van der Waals surface area contributed by atoms with Crippen molar-refractivity contribution in [2.24, 2.45) is 0 Å². The lowest BCUT2D eigenvalue weighted by Crippen LogP contribution is -2.35. The third kappa shape index (κ3) is 4.73. The Hall–Kier alpha value is -1.03. The molecule has 1 rings (SSSR count). The van der Waals surface area contributed by atoms with Crippen LogP contribution in [-0.4, -0.2) is 12.7 Å². The van der Waals surface area contributed by atoms with Crippen LogP contribution in [0.15, 0.2) is 18.2 Å². The SMILES string of the molecule is CCCNC(c1ccc(C(C)C)cc1C(C)C)C(F)(F)F. The minimum absolute atomic E-state index is 0.0620. The predicted molar refractivity (Wildman–Crippen MR) is 81.7 cm³/mol. The highest BCUT2D eigenvalue weighted by Crippen LogP contribution is 2.37. The molecule has 0 aliphatic heterocycles. The largest absolute Gasteiger partial charge is 0.407 e. The quantitative estimate of drug-likeness (QED) is 0.727. The Morgan fingerprint density at radius 1 is 1.00 bits per heavy atom. The molecule has 0 aliphatic rings. The molecule has 0 saturated heterocycles. The predicted octanol–water partition coefficient (Wildman–Crippen LogP) is 5.54. The Bertz CT molecular complexity index is 450. The lowest BCUT2D eigenvalue weighted by atomic mass is 9.88. The highest BCUT2D eigenvalue weighted by atomic mass is 19.4. The minimum Gasteiger partial charge on any atom is -0.302 e. The van der Waals surface area contributed by atoms with E-state index in [1.807, 2.05) is 32.9 Å². The first-order chi connectivity index (χ1) is 9.68. The van der Waals surface area contributed by atoms with Crippen molar-refractivity contribution in [3.63, 3.8) is 0 Å². The average molecular weight is 301 g/mol. The van der Waals surface area contributed by atoms with Crippen molar-refractivity contribution < 1.29 is 13.2 Å². The number of hydrogen-bond acceptors (Lipinski definition) is 1. The maximum absolute atomic E-state index is 13.4. The van der Waals surface area contributed by atoms with Crippen molar-refractivity contribution >= 4 is 0 Å². The van der Waals surface area contributed by atoms with E-state index in [4.69, 9.17) is 0 Å². The molecule has 0 radical (unpaired) electrons. The van der Waals surface area contributed by atoms with Gasteiger partial charge in [0.05, 0.1) is 0 Å². The Morgan fingerprint density at radius 3 is 2.05 bits per heavy atom. The monoisotopic (exact) mass is 301 g/mol. The second-order valence-corrected chi connectivity index (χ2v) is 6.13. The third-order valence-electron chi connectivity index (χ3n) is 3.64. The summed E-state index contributed by atoms with van der Waals surface area (Å²) in [5.41, 5.74) is 2.22. The number of hydrogen-bond donors (Lipinski definition) is 1. The Morgan fingerprint density at radius 2 is 1.62 bits per heavy atom. The minimum atomic E-state index is -4.28. The molecule has 1 unspecified atom stereocenters. The molecule has 1 aromatic carbocycles. The van der Waals surface area contributed by atoms with E-state index in [0.29, 0.717) is 24.4 Å². The van der Waals surface area contributed by atoms with Gasteiger partial charge in [0.15, 0.2) is 0 Å². The maximum atomic E-state index is 13.4. The average Bonchev–Trinajstić information content (AvgIpc) is 2.37. The van der Waals surface area contributed by atoms with Gasteiger partial charge in [-0.3, -0.25) is 0 Å². The van der Waals surface area contributed by atoms with Crippen molar-refractivity contribution in [3.05, 3.63) is 34.9 Å². The fraction of sp³-hybridized carbons (Fsp3) is 0.647. The van der Waals surface area contributed by atoms with E-state index < -0.39 is 12.2 Å². The molecule has 0 aliphatic carbocycles. The van der Waals surface area contributed by atoms with E-state index in [2.05, 4.69) is 19.2 Å². The van der Waals surface area contributed by atoms with Crippen LogP contribution in [0.4, 0.5) is 13.2 Å². The molecule has 0 saturated carbocycles. The van der Waals surface area contributed by atoms with Crippen LogP contribution in [0.5, 0.6) is 0 Å². The number of halogens is 3. The molecule has 0 bridgehead atoms. The molecule has 120 valence electrons. The zero-order chi connectivity index (χ0) is 16.2. The number of nitrogens with one attached hydrogen (secondary N) is 1. The van der Waals surface area contributed by atoms with Gasteiger partial charge in [-0.2, -0.15) is 13.2 Å². The topological polar surface area (TPSA) is 12.0 Å². The van der Waals surface area contributed by atoms with Gasteiger partial charge in [-0.1, -0.05) is 52.8 Å². The zero-order valence-electron chi connectivity index (χ0n) is 13.5. The molecule has 4 heteroatoms. The van der Waals surface area contributed by atoms with Crippen LogP contribution in [0.2, 0.25) is 0 Å². The first kappa shape index (κ1) is 18.0. The summed E-state index contributed by atoms with van der Waals surface area (Å²) in [6.45, 7) is 10.2. The summed E-state index contributed by atoms with van der Waals surface area (Å²) in [6.07, 6.45) is -3.61. The maximum Gasteiger partial charge on any atom is 0.407 e. The van der Waals surface area contributed by atoms with Crippen LogP contribution in [0, 0.1) is 0 Å². The summed E-state index contributed by atoms with van der Waals surface area (Å²) in [4.78, 5) is 0. The lowest BCUT2D eigenvalue weighted by molar-refractivity contribution is -0.157. The van der Waals surface area contributed by atoms with Gasteiger partial charge in [0.2, 0.25) is 0 Å². The highest BCUT2D eigenvalue weighted by Gasteiger charge is 2.41. The molecule has 1 nitrogen and oxygen atoms in total. The molecule has 0 aromatic heterocycles. The van der Waals surface area contributed by atoms with Gasteiger partial charge < -0.3 is 5.32 Å². The van der Waals surface area contributed by atoms with Gasteiger partial charge in [-0.05, 0) is 41.5 Å². The van der Waals surface area contributed by atoms with Gasteiger partial charge in [0.25, 0.3) is 0 Å². The van der Waals surface area contributed by atoms with Crippen LogP contribution in [0.3, 0.4) is 0 Å². The van der Waals surface area contributed by atoms with Crippen molar-refractivity contribution in [1.29, 1.82) is 0 Å². The molecule has 21 heavy (non-hydrogen) atoms. The van der Waals surface area contributed by atoms with Crippen LogP contribution in [0.1, 0.15) is 75.6 Å². The summed E-state index contributed by atoms with van der Waals surface area (Å²) in [6, 6.07) is 3.80. The lowest BCUT2D eigenvalue weighted by Gasteiger charge is -2.26. The first-order valence-electron chi connectivity index (χ1n) is 7.62. The standard InChI is InChI=1S/C17H26F3N/c1-6-9-21-16(17(18,19)20)14-8-7-13(11(2)3)10-15(14)12(4)5/h7-8,10-12,16,21H,6,9H2,1-5H3. The number of rotatable bonds is 6. The fourth-order valence-corrected chi connectivity index (χ4v) is 2.41. The van der Waals surface area contributed by atoms with E-state index >= 15 is 0 Å². The molecule has 0 amide bonds. The van der Waals surface area contributed by atoms with Crippen LogP contribution >= 0.6 is 0 Å². The molecule has 1 aromatic rings. The van der Waals surface area contributed by atoms with E-state index in [1.165, 1.54) is 0 Å².